The summed E-state index contributed by atoms with van der Waals surface area (Å²) in [5.41, 5.74) is 0.800. The number of ether oxygens (including phenoxy) is 1. The second kappa shape index (κ2) is 7.55. The number of nitrogens with zero attached hydrogens (tertiary/aromatic N) is 2. The van der Waals surface area contributed by atoms with Gasteiger partial charge in [0.1, 0.15) is 5.75 Å². The fraction of sp³-hybridized carbons (Fsp3) is 0.105. The number of carbonyl (C=O) groups is 2. The van der Waals surface area contributed by atoms with Gasteiger partial charge >= 0.3 is 12.1 Å². The Bertz CT molecular complexity index is 1010. The van der Waals surface area contributed by atoms with Crippen molar-refractivity contribution in [3.05, 3.63) is 72.1 Å². The first-order valence-corrected chi connectivity index (χ1v) is 8.01. The van der Waals surface area contributed by atoms with Gasteiger partial charge in [-0.3, -0.25) is 19.5 Å². The molecule has 0 spiro atoms. The van der Waals surface area contributed by atoms with E-state index in [2.05, 4.69) is 4.98 Å². The van der Waals surface area contributed by atoms with Crippen LogP contribution in [0, 0.1) is 0 Å². The molecule has 0 aliphatic carbocycles. The molecule has 9 heteroatoms. The first kappa shape index (κ1) is 19.2. The summed E-state index contributed by atoms with van der Waals surface area (Å²) in [5, 5.41) is 1.71. The van der Waals surface area contributed by atoms with E-state index in [-0.39, 0.29) is 23.0 Å². The lowest BCUT2D eigenvalue weighted by molar-refractivity contribution is -0.167. The van der Waals surface area contributed by atoms with Gasteiger partial charge in [-0.2, -0.15) is 13.2 Å². The van der Waals surface area contributed by atoms with Crippen molar-refractivity contribution < 1.29 is 27.5 Å². The van der Waals surface area contributed by atoms with Gasteiger partial charge in [-0.15, -0.1) is 0 Å². The lowest BCUT2D eigenvalue weighted by Crippen LogP contribution is -2.31. The fourth-order valence-electron chi connectivity index (χ4n) is 2.54. The molecule has 3 aromatic rings. The van der Waals surface area contributed by atoms with Gasteiger partial charge in [-0.25, -0.2) is 4.98 Å². The molecular weight excluding hydrogens is 375 g/mol. The van der Waals surface area contributed by atoms with Crippen molar-refractivity contribution in [1.29, 1.82) is 0 Å². The molecule has 0 atom stereocenters. The monoisotopic (exact) mass is 389 g/mol. The molecule has 6 nitrogen and oxygen atoms in total. The third kappa shape index (κ3) is 3.88. The van der Waals surface area contributed by atoms with Gasteiger partial charge in [0.25, 0.3) is 0 Å². The minimum absolute atomic E-state index is 0.172. The van der Waals surface area contributed by atoms with E-state index in [1.165, 1.54) is 36.2 Å². The Hall–Kier alpha value is -3.62. The van der Waals surface area contributed by atoms with Crippen molar-refractivity contribution in [2.45, 2.75) is 6.18 Å². The van der Waals surface area contributed by atoms with Crippen LogP contribution >= 0.6 is 0 Å². The maximum atomic E-state index is 13.0. The zero-order chi connectivity index (χ0) is 20.3. The van der Waals surface area contributed by atoms with Crippen LogP contribution in [-0.4, -0.2) is 34.5 Å². The Morgan fingerprint density at radius 2 is 1.82 bits per heavy atom. The lowest BCUT2D eigenvalue weighted by atomic mass is 10.0. The molecule has 2 aromatic carbocycles. The van der Waals surface area contributed by atoms with E-state index in [0.29, 0.717) is 11.3 Å². The van der Waals surface area contributed by atoms with Crippen molar-refractivity contribution in [3.63, 3.8) is 0 Å². The Labute approximate surface area is 157 Å². The predicted octanol–water partition coefficient (Wildman–Crippen LogP) is 3.61. The number of benzene rings is 2. The van der Waals surface area contributed by atoms with E-state index in [4.69, 9.17) is 4.74 Å². The number of hydrogen-bond donors (Lipinski definition) is 1. The highest BCUT2D eigenvalue weighted by atomic mass is 19.4. The number of hydrogen-bond acceptors (Lipinski definition) is 4. The number of rotatable bonds is 5. The zero-order valence-electron chi connectivity index (χ0n) is 14.5. The van der Waals surface area contributed by atoms with Crippen molar-refractivity contribution in [1.82, 2.24) is 9.55 Å². The zero-order valence-corrected chi connectivity index (χ0v) is 14.5. The molecule has 3 rings (SSSR count). The maximum absolute atomic E-state index is 13.0. The average molecular weight is 389 g/mol. The number of aromatic nitrogens is 2. The Kier molecular flexibility index (Phi) is 5.16. The van der Waals surface area contributed by atoms with Crippen LogP contribution in [0.25, 0.3) is 5.69 Å². The van der Waals surface area contributed by atoms with Crippen molar-refractivity contribution in [2.24, 2.45) is 0 Å². The van der Waals surface area contributed by atoms with Crippen LogP contribution in [0.3, 0.4) is 0 Å². The normalized spacial score (nSPS) is 11.1. The number of alkyl halides is 3. The highest BCUT2D eigenvalue weighted by molar-refractivity contribution is 6.11. The van der Waals surface area contributed by atoms with E-state index in [0.717, 1.165) is 0 Å². The molecule has 1 amide bonds. The van der Waals surface area contributed by atoms with Crippen LogP contribution in [-0.2, 0) is 4.79 Å². The Morgan fingerprint density at radius 3 is 2.46 bits per heavy atom. The number of imidazole rings is 1. The standard InChI is InChI=1S/C19H14F3N3O3/c1-28-13-7-8-15(14(11-13)16(26)12-5-3-2-4-6-12)25-10-9-23-18(25)24-17(27)19(20,21)22/h2-11H,1H3,(H,23,24,27). The highest BCUT2D eigenvalue weighted by Gasteiger charge is 2.39. The van der Waals surface area contributed by atoms with Crippen molar-refractivity contribution >= 4 is 17.6 Å². The van der Waals surface area contributed by atoms with Gasteiger partial charge in [-0.05, 0) is 18.2 Å². The van der Waals surface area contributed by atoms with Crippen molar-refractivity contribution in [3.8, 4) is 11.4 Å². The quantitative estimate of drug-likeness (QED) is 0.677. The molecule has 0 bridgehead atoms. The molecule has 144 valence electrons. The van der Waals surface area contributed by atoms with Crippen LogP contribution in [0.2, 0.25) is 0 Å². The number of methoxy groups -OCH3 is 1. The number of halogens is 3. The molecule has 0 saturated heterocycles. The smallest absolute Gasteiger partial charge is 0.471 e. The molecule has 0 radical (unpaired) electrons. The summed E-state index contributed by atoms with van der Waals surface area (Å²) in [6.45, 7) is 0. The van der Waals surface area contributed by atoms with E-state index in [9.17, 15) is 22.8 Å². The van der Waals surface area contributed by atoms with Crippen LogP contribution in [0.5, 0.6) is 5.75 Å². The molecular formula is C19H14F3N3O3. The first-order chi connectivity index (χ1) is 13.3. The molecule has 0 aliphatic rings. The fourth-order valence-corrected chi connectivity index (χ4v) is 2.54. The average Bonchev–Trinajstić information content (AvgIpc) is 3.14. The molecule has 28 heavy (non-hydrogen) atoms. The summed E-state index contributed by atoms with van der Waals surface area (Å²) in [6, 6.07) is 12.9. The van der Waals surface area contributed by atoms with Gasteiger partial charge < -0.3 is 4.74 Å². The number of nitrogens with one attached hydrogen (secondary N) is 1. The maximum Gasteiger partial charge on any atom is 0.471 e. The number of carbonyl (C=O) groups excluding carboxylic acids is 2. The van der Waals surface area contributed by atoms with Crippen molar-refractivity contribution in [2.75, 3.05) is 12.4 Å². The van der Waals surface area contributed by atoms with Gasteiger partial charge in [0.05, 0.1) is 18.4 Å². The third-order valence-electron chi connectivity index (χ3n) is 3.87. The lowest BCUT2D eigenvalue weighted by Gasteiger charge is -2.15. The third-order valence-corrected chi connectivity index (χ3v) is 3.87. The van der Waals surface area contributed by atoms with Gasteiger partial charge in [0.15, 0.2) is 5.78 Å². The Balaban J connectivity index is 2.08. The minimum atomic E-state index is -5.07. The van der Waals surface area contributed by atoms with Gasteiger partial charge in [-0.1, -0.05) is 30.3 Å². The summed E-state index contributed by atoms with van der Waals surface area (Å²) in [7, 11) is 1.43. The summed E-state index contributed by atoms with van der Waals surface area (Å²) in [4.78, 5) is 28.0. The van der Waals surface area contributed by atoms with E-state index in [1.807, 2.05) is 0 Å². The molecule has 0 aliphatic heterocycles. The van der Waals surface area contributed by atoms with Crippen LogP contribution in [0.1, 0.15) is 15.9 Å². The highest BCUT2D eigenvalue weighted by Crippen LogP contribution is 2.27. The number of anilines is 1. The molecule has 1 heterocycles. The van der Waals surface area contributed by atoms with E-state index >= 15 is 0 Å². The number of amides is 1. The molecule has 0 saturated carbocycles. The Morgan fingerprint density at radius 1 is 1.11 bits per heavy atom. The molecule has 0 fully saturated rings. The van der Waals surface area contributed by atoms with E-state index < -0.39 is 12.1 Å². The molecule has 0 unspecified atom stereocenters. The summed E-state index contributed by atoms with van der Waals surface area (Å²) in [6.07, 6.45) is -2.51. The SMILES string of the molecule is COc1ccc(-n2ccnc2NC(=O)C(F)(F)F)c(C(=O)c2ccccc2)c1. The summed E-state index contributed by atoms with van der Waals surface area (Å²) < 4.78 is 44.1. The molecule has 1 aromatic heterocycles. The summed E-state index contributed by atoms with van der Waals surface area (Å²) >= 11 is 0. The van der Waals surface area contributed by atoms with Crippen LogP contribution < -0.4 is 10.1 Å². The predicted molar refractivity (Wildman–Crippen MR) is 94.7 cm³/mol. The second-order valence-corrected chi connectivity index (χ2v) is 5.65. The van der Waals surface area contributed by atoms with Crippen LogP contribution in [0.4, 0.5) is 19.1 Å². The van der Waals surface area contributed by atoms with Crippen LogP contribution in [0.15, 0.2) is 60.9 Å². The second-order valence-electron chi connectivity index (χ2n) is 5.65. The van der Waals surface area contributed by atoms with E-state index in [1.54, 1.807) is 41.7 Å². The largest absolute Gasteiger partial charge is 0.497 e. The summed E-state index contributed by atoms with van der Waals surface area (Å²) in [5.74, 6) is -2.50. The molecule has 1 N–H and O–H groups in total. The minimum Gasteiger partial charge on any atom is -0.497 e. The van der Waals surface area contributed by atoms with Gasteiger partial charge in [0.2, 0.25) is 5.95 Å². The number of ketones is 1. The van der Waals surface area contributed by atoms with Gasteiger partial charge in [0, 0.05) is 18.0 Å². The first-order valence-electron chi connectivity index (χ1n) is 8.01. The topological polar surface area (TPSA) is 73.2 Å².